The number of anilines is 2. The Morgan fingerprint density at radius 3 is 2.27 bits per heavy atom. The summed E-state index contributed by atoms with van der Waals surface area (Å²) in [7, 11) is 3.03. The second-order valence-electron chi connectivity index (χ2n) is 6.92. The number of amides is 1. The highest BCUT2D eigenvalue weighted by Gasteiger charge is 2.30. The Kier molecular flexibility index (Phi) is 7.88. The topological polar surface area (TPSA) is 93.1 Å². The van der Waals surface area contributed by atoms with E-state index < -0.39 is 5.97 Å². The maximum absolute atomic E-state index is 13.1. The van der Waals surface area contributed by atoms with Crippen molar-refractivity contribution < 1.29 is 19.2 Å². The van der Waals surface area contributed by atoms with Gasteiger partial charge in [0.25, 0.3) is 0 Å². The van der Waals surface area contributed by atoms with Crippen molar-refractivity contribution >= 4 is 29.7 Å². The predicted molar refractivity (Wildman–Crippen MR) is 128 cm³/mol. The van der Waals surface area contributed by atoms with E-state index in [2.05, 4.69) is 15.5 Å². The normalized spacial score (nSPS) is 11.1. The average molecular weight is 447 g/mol. The van der Waals surface area contributed by atoms with E-state index >= 15 is 0 Å². The van der Waals surface area contributed by atoms with Gasteiger partial charge in [-0.25, -0.2) is 15.3 Å². The van der Waals surface area contributed by atoms with Crippen LogP contribution in [0.2, 0.25) is 0 Å². The number of hydroxylamine groups is 1. The lowest BCUT2D eigenvalue weighted by atomic mass is 9.92. The van der Waals surface area contributed by atoms with Crippen molar-refractivity contribution in [1.82, 2.24) is 10.5 Å². The van der Waals surface area contributed by atoms with Gasteiger partial charge in [0.05, 0.1) is 36.2 Å². The Balaban J connectivity index is 2.47. The van der Waals surface area contributed by atoms with Crippen LogP contribution in [0.4, 0.5) is 11.5 Å². The third-order valence-electron chi connectivity index (χ3n) is 4.93. The first kappa shape index (κ1) is 23.6. The summed E-state index contributed by atoms with van der Waals surface area (Å²) in [6.45, 7) is 3.67. The number of hydrogen-bond acceptors (Lipinski definition) is 6. The molecule has 0 saturated carbocycles. The van der Waals surface area contributed by atoms with Crippen molar-refractivity contribution in [3.8, 4) is 11.1 Å². The predicted octanol–water partition coefficient (Wildman–Crippen LogP) is 4.06. The maximum atomic E-state index is 13.1. The van der Waals surface area contributed by atoms with Crippen LogP contribution in [0.3, 0.4) is 0 Å². The van der Waals surface area contributed by atoms with Gasteiger partial charge in [0.15, 0.2) is 11.7 Å². The summed E-state index contributed by atoms with van der Waals surface area (Å²) in [5.41, 5.74) is 5.77. The average Bonchev–Trinajstić information content (AvgIpc) is 2.84. The molecule has 0 bridgehead atoms. The quantitative estimate of drug-likeness (QED) is 0.184. The zero-order valence-electron chi connectivity index (χ0n) is 19.0. The van der Waals surface area contributed by atoms with Gasteiger partial charge in [0.2, 0.25) is 6.41 Å². The van der Waals surface area contributed by atoms with Crippen LogP contribution in [0.25, 0.3) is 11.1 Å². The van der Waals surface area contributed by atoms with Crippen LogP contribution >= 0.6 is 0 Å². The van der Waals surface area contributed by atoms with Crippen molar-refractivity contribution in [2.45, 2.75) is 13.8 Å². The van der Waals surface area contributed by atoms with Crippen LogP contribution in [0, 0.1) is 6.92 Å². The molecule has 1 N–H and O–H groups in total. The number of rotatable bonds is 8. The second-order valence-corrected chi connectivity index (χ2v) is 6.92. The van der Waals surface area contributed by atoms with E-state index in [4.69, 9.17) is 9.57 Å². The molecule has 0 spiro atoms. The molecule has 33 heavy (non-hydrogen) atoms. The molecule has 0 atom stereocenters. The first-order valence-corrected chi connectivity index (χ1v) is 10.4. The number of nitrogens with one attached hydrogen (secondary N) is 1. The van der Waals surface area contributed by atoms with E-state index in [9.17, 15) is 9.59 Å². The molecule has 3 aromatic rings. The summed E-state index contributed by atoms with van der Waals surface area (Å²) in [4.78, 5) is 41.0. The minimum atomic E-state index is -0.514. The molecule has 2 aromatic carbocycles. The molecule has 1 amide bonds. The zero-order valence-corrected chi connectivity index (χ0v) is 19.0. The van der Waals surface area contributed by atoms with Gasteiger partial charge < -0.3 is 4.74 Å². The lowest BCUT2D eigenvalue weighted by Gasteiger charge is -2.25. The minimum absolute atomic E-state index is 0.207. The number of pyridine rings is 1. The lowest BCUT2D eigenvalue weighted by Crippen LogP contribution is -2.29. The molecule has 1 aromatic heterocycles. The number of hydrogen-bond donors (Lipinski definition) is 1. The number of carbonyl (C=O) groups excluding carboxylic acids is 2. The third kappa shape index (κ3) is 4.91. The molecule has 0 radical (unpaired) electrons. The Morgan fingerprint density at radius 2 is 1.73 bits per heavy atom. The first-order chi connectivity index (χ1) is 16.1. The maximum Gasteiger partial charge on any atom is 0.340 e. The van der Waals surface area contributed by atoms with Crippen molar-refractivity contribution in [2.24, 2.45) is 4.99 Å². The largest absolute Gasteiger partial charge is 0.462 e. The van der Waals surface area contributed by atoms with E-state index in [1.165, 1.54) is 12.0 Å². The van der Waals surface area contributed by atoms with Gasteiger partial charge in [0.1, 0.15) is 0 Å². The van der Waals surface area contributed by atoms with Crippen molar-refractivity contribution in [3.05, 3.63) is 77.5 Å². The first-order valence-electron chi connectivity index (χ1n) is 10.4. The molecular weight excluding hydrogens is 420 g/mol. The number of aryl methyl sites for hydroxylation is 1. The summed E-state index contributed by atoms with van der Waals surface area (Å²) in [6.07, 6.45) is 0.680. The smallest absolute Gasteiger partial charge is 0.340 e. The minimum Gasteiger partial charge on any atom is -0.462 e. The van der Waals surface area contributed by atoms with Crippen LogP contribution in [-0.4, -0.2) is 44.0 Å². The van der Waals surface area contributed by atoms with E-state index in [0.717, 1.165) is 5.56 Å². The Labute approximate surface area is 192 Å². The summed E-state index contributed by atoms with van der Waals surface area (Å²) >= 11 is 0. The fraction of sp³-hybridized carbons (Fsp3) is 0.200. The number of nitrogens with zero attached hydrogens (tertiary/aromatic N) is 3. The van der Waals surface area contributed by atoms with Crippen LogP contribution < -0.4 is 10.4 Å². The summed E-state index contributed by atoms with van der Waals surface area (Å²) in [5.74, 6) is 0.0809. The van der Waals surface area contributed by atoms with E-state index in [1.54, 1.807) is 33.0 Å². The molecule has 0 fully saturated rings. The Bertz CT molecular complexity index is 1150. The zero-order chi connectivity index (χ0) is 23.8. The second kappa shape index (κ2) is 11.0. The molecule has 1 heterocycles. The molecule has 0 aliphatic rings. The monoisotopic (exact) mass is 446 g/mol. The molecule has 0 aliphatic heterocycles. The number of aromatic nitrogens is 1. The highest BCUT2D eigenvalue weighted by molar-refractivity contribution is 6.14. The van der Waals surface area contributed by atoms with Gasteiger partial charge in [-0.15, -0.1) is 0 Å². The van der Waals surface area contributed by atoms with Crippen molar-refractivity contribution in [2.75, 3.05) is 25.7 Å². The van der Waals surface area contributed by atoms with Crippen LogP contribution in [0.1, 0.15) is 28.5 Å². The fourth-order valence-electron chi connectivity index (χ4n) is 3.56. The molecule has 8 heteroatoms. The van der Waals surface area contributed by atoms with Crippen LogP contribution in [0.5, 0.6) is 0 Å². The fourth-order valence-corrected chi connectivity index (χ4v) is 3.56. The Morgan fingerprint density at radius 1 is 1.09 bits per heavy atom. The summed E-state index contributed by atoms with van der Waals surface area (Å²) < 4.78 is 5.36. The van der Waals surface area contributed by atoms with Gasteiger partial charge in [-0.05, 0) is 31.5 Å². The lowest BCUT2D eigenvalue weighted by molar-refractivity contribution is -0.106. The van der Waals surface area contributed by atoms with Gasteiger partial charge in [-0.2, -0.15) is 0 Å². The van der Waals surface area contributed by atoms with Gasteiger partial charge in [-0.1, -0.05) is 48.5 Å². The highest BCUT2D eigenvalue weighted by Crippen LogP contribution is 2.37. The molecule has 170 valence electrons. The third-order valence-corrected chi connectivity index (χ3v) is 4.93. The van der Waals surface area contributed by atoms with Gasteiger partial charge >= 0.3 is 5.97 Å². The number of esters is 1. The van der Waals surface area contributed by atoms with E-state index in [-0.39, 0.29) is 6.61 Å². The van der Waals surface area contributed by atoms with Gasteiger partial charge in [0, 0.05) is 12.6 Å². The van der Waals surface area contributed by atoms with E-state index in [1.807, 2.05) is 48.5 Å². The highest BCUT2D eigenvalue weighted by atomic mass is 16.6. The number of ether oxygens (including phenoxy) is 1. The summed E-state index contributed by atoms with van der Waals surface area (Å²) in [5, 5.41) is 0. The standard InChI is InChI=1S/C25H26N4O4/c1-5-33-25(31)20-17(2)27-24(29(16-30)19-14-10-7-11-15-19)22(23(26-3)28-32-4)21(20)18-12-8-6-9-13-18/h6-16H,5H2,1-4H3,(H,26,28). The number of amidine groups is 1. The molecule has 0 aliphatic carbocycles. The van der Waals surface area contributed by atoms with Gasteiger partial charge in [-0.3, -0.25) is 19.5 Å². The number of para-hydroxylation sites is 1. The SMILES string of the molecule is CCOC(=O)c1c(C)nc(N(C=O)c2ccccc2)c(C(=NC)NOC)c1-c1ccccc1. The van der Waals surface area contributed by atoms with Crippen LogP contribution in [-0.2, 0) is 14.4 Å². The summed E-state index contributed by atoms with van der Waals surface area (Å²) in [6, 6.07) is 18.5. The van der Waals surface area contributed by atoms with Crippen molar-refractivity contribution in [3.63, 3.8) is 0 Å². The van der Waals surface area contributed by atoms with Crippen molar-refractivity contribution in [1.29, 1.82) is 0 Å². The Hall–Kier alpha value is -4.04. The molecule has 3 rings (SSSR count). The number of benzene rings is 2. The molecule has 0 unspecified atom stereocenters. The molecule has 0 saturated heterocycles. The number of carbonyl (C=O) groups is 2. The van der Waals surface area contributed by atoms with Crippen LogP contribution in [0.15, 0.2) is 65.7 Å². The van der Waals surface area contributed by atoms with E-state index in [0.29, 0.717) is 46.1 Å². The molecular formula is C25H26N4O4. The molecule has 8 nitrogen and oxygen atoms in total. The number of aliphatic imine (C=N–C) groups is 1.